The van der Waals surface area contributed by atoms with Gasteiger partial charge in [0.15, 0.2) is 9.84 Å². The molecule has 17 heavy (non-hydrogen) atoms. The summed E-state index contributed by atoms with van der Waals surface area (Å²) in [4.78, 5) is 2.27. The predicted octanol–water partition coefficient (Wildman–Crippen LogP) is 0.870. The van der Waals surface area contributed by atoms with Crippen molar-refractivity contribution >= 4 is 9.84 Å². The van der Waals surface area contributed by atoms with E-state index in [-0.39, 0.29) is 11.3 Å². The summed E-state index contributed by atoms with van der Waals surface area (Å²) in [5.74, 6) is 1.09. The van der Waals surface area contributed by atoms with Gasteiger partial charge in [0.2, 0.25) is 0 Å². The van der Waals surface area contributed by atoms with Crippen LogP contribution in [0.15, 0.2) is 0 Å². The molecule has 1 rings (SSSR count). The van der Waals surface area contributed by atoms with Crippen molar-refractivity contribution in [3.63, 3.8) is 0 Å². The van der Waals surface area contributed by atoms with Crippen molar-refractivity contribution in [3.8, 4) is 0 Å². The monoisotopic (exact) mass is 262 g/mol. The van der Waals surface area contributed by atoms with Crippen molar-refractivity contribution in [2.45, 2.75) is 39.2 Å². The molecule has 1 unspecified atom stereocenters. The van der Waals surface area contributed by atoms with Gasteiger partial charge in [0, 0.05) is 18.6 Å². The lowest BCUT2D eigenvalue weighted by atomic mass is 9.92. The number of nitrogens with zero attached hydrogens (tertiary/aromatic N) is 1. The lowest BCUT2D eigenvalue weighted by Crippen LogP contribution is -2.60. The highest BCUT2D eigenvalue weighted by atomic mass is 32.2. The van der Waals surface area contributed by atoms with Gasteiger partial charge in [0.25, 0.3) is 0 Å². The molecule has 0 aromatic rings. The molecule has 1 aliphatic rings. The normalized spacial score (nSPS) is 28.8. The van der Waals surface area contributed by atoms with E-state index in [0.29, 0.717) is 18.2 Å². The maximum atomic E-state index is 11.8. The first-order chi connectivity index (χ1) is 7.85. The van der Waals surface area contributed by atoms with Crippen LogP contribution < -0.4 is 5.73 Å². The number of hydrogen-bond donors (Lipinski definition) is 1. The highest BCUT2D eigenvalue weighted by Gasteiger charge is 2.41. The molecule has 5 heteroatoms. The first kappa shape index (κ1) is 14.9. The van der Waals surface area contributed by atoms with Crippen molar-refractivity contribution < 1.29 is 8.42 Å². The van der Waals surface area contributed by atoms with Crippen LogP contribution in [0, 0.1) is 5.92 Å². The first-order valence-electron chi connectivity index (χ1n) is 6.51. The molecule has 0 aliphatic carbocycles. The van der Waals surface area contributed by atoms with Crippen LogP contribution in [0.3, 0.4) is 0 Å². The number of sulfone groups is 1. The van der Waals surface area contributed by atoms with E-state index in [1.54, 1.807) is 0 Å². The molecule has 1 aliphatic heterocycles. The smallest absolute Gasteiger partial charge is 0.152 e. The minimum Gasteiger partial charge on any atom is -0.329 e. The Morgan fingerprint density at radius 1 is 1.41 bits per heavy atom. The summed E-state index contributed by atoms with van der Waals surface area (Å²) in [7, 11) is -2.92. The molecule has 1 saturated heterocycles. The van der Waals surface area contributed by atoms with Crippen molar-refractivity contribution in [2.24, 2.45) is 11.7 Å². The molecule has 0 spiro atoms. The quantitative estimate of drug-likeness (QED) is 0.798. The van der Waals surface area contributed by atoms with Crippen LogP contribution in [-0.4, -0.2) is 50.0 Å². The maximum absolute atomic E-state index is 11.8. The lowest BCUT2D eigenvalue weighted by molar-refractivity contribution is 0.0923. The van der Waals surface area contributed by atoms with Gasteiger partial charge in [0.1, 0.15) is 0 Å². The Kier molecular flexibility index (Phi) is 4.98. The third-order valence-electron chi connectivity index (χ3n) is 3.60. The molecular formula is C12H26N2O2S. The van der Waals surface area contributed by atoms with Gasteiger partial charge >= 0.3 is 0 Å². The van der Waals surface area contributed by atoms with Crippen LogP contribution >= 0.6 is 0 Å². The number of rotatable bonds is 5. The lowest BCUT2D eigenvalue weighted by Gasteiger charge is -2.45. The zero-order valence-corrected chi connectivity index (χ0v) is 12.1. The summed E-state index contributed by atoms with van der Waals surface area (Å²) in [6.07, 6.45) is 1.65. The summed E-state index contributed by atoms with van der Waals surface area (Å²) in [6.45, 7) is 8.62. The van der Waals surface area contributed by atoms with E-state index in [2.05, 4.69) is 25.7 Å². The Labute approximate surface area is 105 Å². The van der Waals surface area contributed by atoms with Crippen LogP contribution in [0.25, 0.3) is 0 Å². The van der Waals surface area contributed by atoms with Crippen LogP contribution in [0.4, 0.5) is 0 Å². The van der Waals surface area contributed by atoms with Crippen LogP contribution in [-0.2, 0) is 9.84 Å². The average molecular weight is 262 g/mol. The largest absolute Gasteiger partial charge is 0.329 e. The highest BCUT2D eigenvalue weighted by Crippen LogP contribution is 2.29. The zero-order valence-electron chi connectivity index (χ0n) is 11.3. The molecule has 0 radical (unpaired) electrons. The Morgan fingerprint density at radius 3 is 2.47 bits per heavy atom. The maximum Gasteiger partial charge on any atom is 0.152 e. The second-order valence-electron chi connectivity index (χ2n) is 5.56. The van der Waals surface area contributed by atoms with E-state index >= 15 is 0 Å². The molecule has 0 aromatic heterocycles. The fourth-order valence-corrected chi connectivity index (χ4v) is 4.81. The topological polar surface area (TPSA) is 63.4 Å². The highest BCUT2D eigenvalue weighted by molar-refractivity contribution is 7.91. The molecule has 0 aromatic carbocycles. The second kappa shape index (κ2) is 5.67. The van der Waals surface area contributed by atoms with E-state index in [0.717, 1.165) is 25.9 Å². The van der Waals surface area contributed by atoms with Crippen LogP contribution in [0.2, 0.25) is 0 Å². The van der Waals surface area contributed by atoms with Gasteiger partial charge < -0.3 is 5.73 Å². The van der Waals surface area contributed by atoms with Crippen LogP contribution in [0.5, 0.6) is 0 Å². The summed E-state index contributed by atoms with van der Waals surface area (Å²) in [5, 5.41) is 0. The Bertz CT molecular complexity index is 340. The molecule has 0 amide bonds. The van der Waals surface area contributed by atoms with Gasteiger partial charge in [-0.05, 0) is 25.3 Å². The van der Waals surface area contributed by atoms with Crippen molar-refractivity contribution in [2.75, 3.05) is 31.1 Å². The average Bonchev–Trinajstić information content (AvgIpc) is 2.24. The SMILES string of the molecule is CCN(CC(C)C)C1(CN)CCCS(=O)(=O)C1. The van der Waals surface area contributed by atoms with Gasteiger partial charge in [-0.2, -0.15) is 0 Å². The van der Waals surface area contributed by atoms with Gasteiger partial charge in [-0.25, -0.2) is 8.42 Å². The Hall–Kier alpha value is -0.130. The molecule has 0 saturated carbocycles. The molecule has 1 atom stereocenters. The Balaban J connectivity index is 2.92. The summed E-state index contributed by atoms with van der Waals surface area (Å²) in [6, 6.07) is 0. The molecule has 1 fully saturated rings. The van der Waals surface area contributed by atoms with Crippen molar-refractivity contribution in [1.29, 1.82) is 0 Å². The van der Waals surface area contributed by atoms with Crippen molar-refractivity contribution in [1.82, 2.24) is 4.90 Å². The molecule has 2 N–H and O–H groups in total. The molecule has 0 bridgehead atoms. The predicted molar refractivity (Wildman–Crippen MR) is 71.8 cm³/mol. The third-order valence-corrected chi connectivity index (χ3v) is 5.49. The molecular weight excluding hydrogens is 236 g/mol. The molecule has 102 valence electrons. The van der Waals surface area contributed by atoms with E-state index in [4.69, 9.17) is 5.73 Å². The van der Waals surface area contributed by atoms with E-state index in [1.807, 2.05) is 0 Å². The standard InChI is InChI=1S/C12H26N2O2S/c1-4-14(8-11(2)3)12(9-13)6-5-7-17(15,16)10-12/h11H,4-10,13H2,1-3H3. The second-order valence-corrected chi connectivity index (χ2v) is 7.74. The molecule has 1 heterocycles. The van der Waals surface area contributed by atoms with Gasteiger partial charge in [-0.15, -0.1) is 0 Å². The Morgan fingerprint density at radius 2 is 2.06 bits per heavy atom. The van der Waals surface area contributed by atoms with Gasteiger partial charge in [-0.1, -0.05) is 20.8 Å². The summed E-state index contributed by atoms with van der Waals surface area (Å²) in [5.41, 5.74) is 5.58. The van der Waals surface area contributed by atoms with E-state index < -0.39 is 9.84 Å². The zero-order chi connectivity index (χ0) is 13.1. The van der Waals surface area contributed by atoms with Crippen molar-refractivity contribution in [3.05, 3.63) is 0 Å². The minimum absolute atomic E-state index is 0.233. The fourth-order valence-electron chi connectivity index (χ4n) is 2.81. The number of hydrogen-bond acceptors (Lipinski definition) is 4. The number of nitrogens with two attached hydrogens (primary N) is 1. The minimum atomic E-state index is -2.92. The molecule has 4 nitrogen and oxygen atoms in total. The first-order valence-corrected chi connectivity index (χ1v) is 8.33. The van der Waals surface area contributed by atoms with Gasteiger partial charge in [0.05, 0.1) is 11.5 Å². The van der Waals surface area contributed by atoms with E-state index in [9.17, 15) is 8.42 Å². The summed E-state index contributed by atoms with van der Waals surface area (Å²) >= 11 is 0. The fraction of sp³-hybridized carbons (Fsp3) is 1.00. The van der Waals surface area contributed by atoms with E-state index in [1.165, 1.54) is 0 Å². The third kappa shape index (κ3) is 3.66. The van der Waals surface area contributed by atoms with Crippen LogP contribution in [0.1, 0.15) is 33.6 Å². The summed E-state index contributed by atoms with van der Waals surface area (Å²) < 4.78 is 23.7. The van der Waals surface area contributed by atoms with Gasteiger partial charge in [-0.3, -0.25) is 4.90 Å². The number of likely N-dealkylation sites (N-methyl/N-ethyl adjacent to an activating group) is 1.